The molecule has 41 heavy (non-hydrogen) atoms. The first kappa shape index (κ1) is 26.6. The number of hydrogen-bond donors (Lipinski definition) is 2. The smallest absolute Gasteiger partial charge is 0.336 e. The number of fused-ring (bicyclic) bond motifs is 1. The number of amides is 1. The van der Waals surface area contributed by atoms with Crippen LogP contribution < -0.4 is 5.32 Å². The predicted molar refractivity (Wildman–Crippen MR) is 164 cm³/mol. The first-order chi connectivity index (χ1) is 19.8. The zero-order valence-electron chi connectivity index (χ0n) is 23.6. The molecule has 0 bridgehead atoms. The number of rotatable bonds is 8. The van der Waals surface area contributed by atoms with Crippen LogP contribution in [0.25, 0.3) is 22.0 Å². The van der Waals surface area contributed by atoms with E-state index in [4.69, 9.17) is 0 Å². The van der Waals surface area contributed by atoms with Crippen molar-refractivity contribution in [2.75, 3.05) is 0 Å². The monoisotopic (exact) mass is 542 g/mol. The second-order valence-electron chi connectivity index (χ2n) is 11.2. The van der Waals surface area contributed by atoms with Crippen molar-refractivity contribution >= 4 is 22.8 Å². The number of aromatic carboxylic acids is 1. The number of nitrogens with zero attached hydrogens (tertiary/aromatic N) is 1. The summed E-state index contributed by atoms with van der Waals surface area (Å²) in [5.41, 5.74) is 9.55. The maximum absolute atomic E-state index is 13.2. The van der Waals surface area contributed by atoms with Gasteiger partial charge in [0.05, 0.1) is 11.6 Å². The topological polar surface area (TPSA) is 71.3 Å². The molecule has 1 aliphatic carbocycles. The minimum atomic E-state index is -0.931. The summed E-state index contributed by atoms with van der Waals surface area (Å²) in [4.78, 5) is 24.9. The minimum absolute atomic E-state index is 0.0762. The Kier molecular flexibility index (Phi) is 6.96. The predicted octanol–water partition coefficient (Wildman–Crippen LogP) is 8.04. The Hall–Kier alpha value is -4.64. The van der Waals surface area contributed by atoms with Crippen LogP contribution in [0.2, 0.25) is 0 Å². The molecule has 1 aliphatic rings. The Bertz CT molecular complexity index is 1760. The lowest BCUT2D eigenvalue weighted by Crippen LogP contribution is -2.26. The third kappa shape index (κ3) is 5.28. The highest BCUT2D eigenvalue weighted by molar-refractivity contribution is 5.99. The highest BCUT2D eigenvalue weighted by Crippen LogP contribution is 2.40. The number of carboxylic acids is 1. The molecule has 2 N–H and O–H groups in total. The van der Waals surface area contributed by atoms with Gasteiger partial charge in [-0.25, -0.2) is 4.79 Å². The van der Waals surface area contributed by atoms with Crippen LogP contribution in [0.4, 0.5) is 0 Å². The second-order valence-corrected chi connectivity index (χ2v) is 11.2. The van der Waals surface area contributed by atoms with Crippen molar-refractivity contribution in [3.8, 4) is 11.1 Å². The van der Waals surface area contributed by atoms with Gasteiger partial charge in [-0.05, 0) is 97.2 Å². The van der Waals surface area contributed by atoms with Crippen LogP contribution in [0.1, 0.15) is 80.4 Å². The number of carbonyl (C=O) groups excluding carboxylic acids is 1. The van der Waals surface area contributed by atoms with Crippen LogP contribution in [0.5, 0.6) is 0 Å². The van der Waals surface area contributed by atoms with Crippen molar-refractivity contribution in [2.45, 2.75) is 52.1 Å². The molecule has 6 rings (SSSR count). The Balaban J connectivity index is 1.20. The van der Waals surface area contributed by atoms with E-state index in [0.29, 0.717) is 23.2 Å². The lowest BCUT2D eigenvalue weighted by atomic mass is 9.99. The molecule has 0 spiro atoms. The first-order valence-corrected chi connectivity index (χ1v) is 14.2. The van der Waals surface area contributed by atoms with E-state index >= 15 is 0 Å². The quantitative estimate of drug-likeness (QED) is 0.208. The number of hydrogen-bond acceptors (Lipinski definition) is 2. The van der Waals surface area contributed by atoms with Gasteiger partial charge in [0, 0.05) is 28.7 Å². The summed E-state index contributed by atoms with van der Waals surface area (Å²) in [5.74, 6) is -0.285. The summed E-state index contributed by atoms with van der Waals surface area (Å²) in [6.07, 6.45) is 2.56. The van der Waals surface area contributed by atoms with Gasteiger partial charge >= 0.3 is 5.97 Å². The van der Waals surface area contributed by atoms with Crippen LogP contribution in [-0.4, -0.2) is 21.6 Å². The first-order valence-electron chi connectivity index (χ1n) is 14.2. The fourth-order valence-corrected chi connectivity index (χ4v) is 5.73. The molecule has 1 aromatic heterocycles. The number of carbonyl (C=O) groups is 2. The summed E-state index contributed by atoms with van der Waals surface area (Å²) in [7, 11) is 0. The van der Waals surface area contributed by atoms with E-state index in [9.17, 15) is 14.7 Å². The summed E-state index contributed by atoms with van der Waals surface area (Å²) < 4.78 is 2.27. The fourth-order valence-electron chi connectivity index (χ4n) is 5.73. The van der Waals surface area contributed by atoms with Crippen molar-refractivity contribution in [3.05, 3.63) is 130 Å². The molecule has 1 saturated carbocycles. The van der Waals surface area contributed by atoms with E-state index < -0.39 is 5.97 Å². The lowest BCUT2D eigenvalue weighted by molar-refractivity contribution is 0.0697. The minimum Gasteiger partial charge on any atom is -0.478 e. The average Bonchev–Trinajstić information content (AvgIpc) is 3.82. The Morgan fingerprint density at radius 2 is 1.63 bits per heavy atom. The molecule has 206 valence electrons. The summed E-state index contributed by atoms with van der Waals surface area (Å²) in [5, 5.41) is 13.8. The van der Waals surface area contributed by atoms with Crippen molar-refractivity contribution in [2.24, 2.45) is 0 Å². The largest absolute Gasteiger partial charge is 0.478 e. The van der Waals surface area contributed by atoms with Gasteiger partial charge in [0.2, 0.25) is 0 Å². The molecular formula is C36H34N2O3. The number of benzene rings is 4. The van der Waals surface area contributed by atoms with Crippen molar-refractivity contribution in [3.63, 3.8) is 0 Å². The normalized spacial score (nSPS) is 13.7. The summed E-state index contributed by atoms with van der Waals surface area (Å²) in [6, 6.07) is 29.6. The molecular weight excluding hydrogens is 508 g/mol. The molecule has 5 nitrogen and oxygen atoms in total. The molecule has 0 radical (unpaired) electrons. The van der Waals surface area contributed by atoms with Crippen molar-refractivity contribution in [1.82, 2.24) is 9.88 Å². The van der Waals surface area contributed by atoms with Gasteiger partial charge in [-0.3, -0.25) is 4.79 Å². The fraction of sp³-hybridized carbons (Fsp3) is 0.222. The molecule has 1 heterocycles. The SMILES string of the molecule is Cc1c(C)n(Cc2ccc(-c3ccccc3C(=O)O)cc2)c2ccc(C(=O)NC(C)c3ccc(C4CC4)cc3)cc12. The molecule has 0 aliphatic heterocycles. The second kappa shape index (κ2) is 10.7. The number of aromatic nitrogens is 1. The van der Waals surface area contributed by atoms with Gasteiger partial charge < -0.3 is 15.0 Å². The number of nitrogens with one attached hydrogen (secondary N) is 1. The van der Waals surface area contributed by atoms with Gasteiger partial charge in [-0.2, -0.15) is 0 Å². The average molecular weight is 543 g/mol. The van der Waals surface area contributed by atoms with Crippen LogP contribution in [0.3, 0.4) is 0 Å². The van der Waals surface area contributed by atoms with Crippen molar-refractivity contribution < 1.29 is 14.7 Å². The number of carboxylic acid groups (broad SMARTS) is 1. The third-order valence-electron chi connectivity index (χ3n) is 8.50. The summed E-state index contributed by atoms with van der Waals surface area (Å²) >= 11 is 0. The standard InChI is InChI=1S/C36H34N2O3/c1-22-24(3)38(21-25-8-10-29(11-9-25)31-6-4-5-7-32(31)36(40)41)34-19-18-30(20-33(22)34)35(39)37-23(2)26-12-14-27(15-13-26)28-16-17-28/h4-15,18-20,23,28H,16-17,21H2,1-3H3,(H,37,39)(H,40,41). The van der Waals surface area contributed by atoms with Gasteiger partial charge in [0.25, 0.3) is 5.91 Å². The molecule has 0 saturated heterocycles. The van der Waals surface area contributed by atoms with E-state index in [-0.39, 0.29) is 11.9 Å². The van der Waals surface area contributed by atoms with Gasteiger partial charge in [0.15, 0.2) is 0 Å². The van der Waals surface area contributed by atoms with E-state index in [2.05, 4.69) is 60.1 Å². The van der Waals surface area contributed by atoms with Gasteiger partial charge in [0.1, 0.15) is 0 Å². The van der Waals surface area contributed by atoms with Crippen LogP contribution in [-0.2, 0) is 6.54 Å². The zero-order valence-corrected chi connectivity index (χ0v) is 23.6. The maximum Gasteiger partial charge on any atom is 0.336 e. The maximum atomic E-state index is 13.2. The molecule has 1 fully saturated rings. The van der Waals surface area contributed by atoms with E-state index in [1.165, 1.54) is 18.4 Å². The summed E-state index contributed by atoms with van der Waals surface area (Å²) in [6.45, 7) is 6.92. The van der Waals surface area contributed by atoms with E-state index in [1.807, 2.05) is 49.4 Å². The van der Waals surface area contributed by atoms with Gasteiger partial charge in [-0.15, -0.1) is 0 Å². The van der Waals surface area contributed by atoms with E-state index in [1.54, 1.807) is 12.1 Å². The number of aryl methyl sites for hydroxylation is 1. The van der Waals surface area contributed by atoms with Crippen LogP contribution in [0, 0.1) is 13.8 Å². The van der Waals surface area contributed by atoms with E-state index in [0.717, 1.165) is 44.8 Å². The zero-order chi connectivity index (χ0) is 28.7. The Labute approximate surface area is 240 Å². The molecule has 4 aromatic carbocycles. The Morgan fingerprint density at radius 3 is 2.32 bits per heavy atom. The molecule has 1 unspecified atom stereocenters. The third-order valence-corrected chi connectivity index (χ3v) is 8.50. The molecule has 5 heteroatoms. The Morgan fingerprint density at radius 1 is 0.927 bits per heavy atom. The van der Waals surface area contributed by atoms with Gasteiger partial charge in [-0.1, -0.05) is 66.7 Å². The molecule has 1 amide bonds. The van der Waals surface area contributed by atoms with Crippen LogP contribution in [0.15, 0.2) is 91.0 Å². The molecule has 5 aromatic rings. The molecule has 1 atom stereocenters. The van der Waals surface area contributed by atoms with Crippen LogP contribution >= 0.6 is 0 Å². The highest BCUT2D eigenvalue weighted by Gasteiger charge is 2.23. The highest BCUT2D eigenvalue weighted by atomic mass is 16.4. The lowest BCUT2D eigenvalue weighted by Gasteiger charge is -2.15. The van der Waals surface area contributed by atoms with Crippen molar-refractivity contribution in [1.29, 1.82) is 0 Å².